The van der Waals surface area contributed by atoms with Gasteiger partial charge in [0.05, 0.1) is 18.1 Å². The molecule has 2 atom stereocenters. The Morgan fingerprint density at radius 3 is 2.22 bits per heavy atom. The van der Waals surface area contributed by atoms with Gasteiger partial charge in [-0.2, -0.15) is 0 Å². The smallest absolute Gasteiger partial charge is 0.338 e. The first-order chi connectivity index (χ1) is 12.8. The van der Waals surface area contributed by atoms with E-state index in [4.69, 9.17) is 9.47 Å². The molecule has 4 nitrogen and oxygen atoms in total. The van der Waals surface area contributed by atoms with Gasteiger partial charge < -0.3 is 9.47 Å². The first kappa shape index (κ1) is 19.9. The maximum atomic E-state index is 12.2. The third-order valence-corrected chi connectivity index (χ3v) is 5.82. The highest BCUT2D eigenvalue weighted by Crippen LogP contribution is 2.52. The molecule has 2 aliphatic carbocycles. The molecule has 0 spiro atoms. The fraction of sp³-hybridized carbons (Fsp3) is 0.652. The Hall–Kier alpha value is -1.84. The summed E-state index contributed by atoms with van der Waals surface area (Å²) in [6.07, 6.45) is 5.66. The Kier molecular flexibility index (Phi) is 5.92. The van der Waals surface area contributed by atoms with E-state index in [1.165, 1.54) is 18.4 Å². The van der Waals surface area contributed by atoms with Crippen LogP contribution in [-0.2, 0) is 14.3 Å². The topological polar surface area (TPSA) is 52.6 Å². The zero-order chi connectivity index (χ0) is 19.6. The number of rotatable bonds is 5. The Labute approximate surface area is 162 Å². The van der Waals surface area contributed by atoms with Crippen molar-refractivity contribution in [2.24, 2.45) is 17.8 Å². The molecule has 0 aliphatic heterocycles. The molecule has 27 heavy (non-hydrogen) atoms. The predicted molar refractivity (Wildman–Crippen MR) is 105 cm³/mol. The third kappa shape index (κ3) is 5.12. The lowest BCUT2D eigenvalue weighted by molar-refractivity contribution is -0.157. The molecule has 4 heteroatoms. The van der Waals surface area contributed by atoms with Gasteiger partial charge in [0.25, 0.3) is 0 Å². The van der Waals surface area contributed by atoms with Crippen molar-refractivity contribution in [1.29, 1.82) is 0 Å². The van der Waals surface area contributed by atoms with Gasteiger partial charge in [-0.3, -0.25) is 4.79 Å². The van der Waals surface area contributed by atoms with Crippen LogP contribution in [0, 0.1) is 17.8 Å². The lowest BCUT2D eigenvalue weighted by Crippen LogP contribution is -2.26. The quantitative estimate of drug-likeness (QED) is 0.674. The van der Waals surface area contributed by atoms with Gasteiger partial charge in [0.15, 0.2) is 0 Å². The monoisotopic (exact) mass is 372 g/mol. The van der Waals surface area contributed by atoms with Crippen LogP contribution in [0.5, 0.6) is 0 Å². The molecule has 1 aromatic rings. The van der Waals surface area contributed by atoms with E-state index in [2.05, 4.69) is 12.1 Å². The van der Waals surface area contributed by atoms with Crippen LogP contribution >= 0.6 is 0 Å². The van der Waals surface area contributed by atoms with Gasteiger partial charge in [-0.25, -0.2) is 4.79 Å². The number of carbonyl (C=O) groups excluding carboxylic acids is 2. The van der Waals surface area contributed by atoms with E-state index >= 15 is 0 Å². The molecule has 3 rings (SSSR count). The fourth-order valence-corrected chi connectivity index (χ4v) is 4.37. The number of ether oxygens (including phenoxy) is 2. The SMILES string of the molecule is CCOC(=O)c1ccc(C2CCC(C3C[C@H]3C(=O)OC(C)(C)C)CC2)cc1. The van der Waals surface area contributed by atoms with E-state index < -0.39 is 5.60 Å². The molecule has 2 fully saturated rings. The molecule has 1 unspecified atom stereocenters. The summed E-state index contributed by atoms with van der Waals surface area (Å²) in [5.74, 6) is 1.58. The van der Waals surface area contributed by atoms with Gasteiger partial charge in [0.2, 0.25) is 0 Å². The second kappa shape index (κ2) is 8.04. The standard InChI is InChI=1S/C23H32O4/c1-5-26-21(24)18-12-8-16(9-13-18)15-6-10-17(11-7-15)19-14-20(19)22(25)27-23(2,3)4/h8-9,12-13,15,17,19-20H,5-7,10-11,14H2,1-4H3/t15?,17?,19?,20-/m1/s1. The summed E-state index contributed by atoms with van der Waals surface area (Å²) in [7, 11) is 0. The van der Waals surface area contributed by atoms with Crippen LogP contribution in [0.1, 0.15) is 81.6 Å². The Bertz CT molecular complexity index is 663. The summed E-state index contributed by atoms with van der Waals surface area (Å²) >= 11 is 0. The van der Waals surface area contributed by atoms with Crippen LogP contribution in [-0.4, -0.2) is 24.1 Å². The first-order valence-electron chi connectivity index (χ1n) is 10.3. The molecule has 0 aromatic heterocycles. The number of hydrogen-bond acceptors (Lipinski definition) is 4. The average Bonchev–Trinajstić information content (AvgIpc) is 3.42. The molecule has 0 heterocycles. The predicted octanol–water partition coefficient (Wildman–Crippen LogP) is 5.11. The lowest BCUT2D eigenvalue weighted by Gasteiger charge is -2.29. The molecule has 0 bridgehead atoms. The Balaban J connectivity index is 1.48. The highest BCUT2D eigenvalue weighted by atomic mass is 16.6. The number of benzene rings is 1. The van der Waals surface area contributed by atoms with Gasteiger partial charge in [0.1, 0.15) is 5.60 Å². The molecule has 0 amide bonds. The van der Waals surface area contributed by atoms with Crippen molar-refractivity contribution in [3.05, 3.63) is 35.4 Å². The molecule has 0 saturated heterocycles. The normalized spacial score (nSPS) is 27.7. The van der Waals surface area contributed by atoms with Crippen molar-refractivity contribution >= 4 is 11.9 Å². The summed E-state index contributed by atoms with van der Waals surface area (Å²) in [5, 5.41) is 0. The molecule has 148 valence electrons. The molecule has 2 saturated carbocycles. The minimum Gasteiger partial charge on any atom is -0.462 e. The molecule has 0 N–H and O–H groups in total. The van der Waals surface area contributed by atoms with Crippen LogP contribution in [0.4, 0.5) is 0 Å². The van der Waals surface area contributed by atoms with Gasteiger partial charge in [-0.1, -0.05) is 12.1 Å². The lowest BCUT2D eigenvalue weighted by atomic mass is 9.76. The zero-order valence-corrected chi connectivity index (χ0v) is 17.0. The Morgan fingerprint density at radius 1 is 1.04 bits per heavy atom. The van der Waals surface area contributed by atoms with E-state index in [0.717, 1.165) is 19.3 Å². The number of hydrogen-bond donors (Lipinski definition) is 0. The van der Waals surface area contributed by atoms with Crippen molar-refractivity contribution < 1.29 is 19.1 Å². The van der Waals surface area contributed by atoms with Crippen LogP contribution in [0.3, 0.4) is 0 Å². The van der Waals surface area contributed by atoms with Crippen molar-refractivity contribution in [3.8, 4) is 0 Å². The van der Waals surface area contributed by atoms with Crippen LogP contribution < -0.4 is 0 Å². The maximum Gasteiger partial charge on any atom is 0.338 e. The van der Waals surface area contributed by atoms with Crippen molar-refractivity contribution in [3.63, 3.8) is 0 Å². The van der Waals surface area contributed by atoms with Crippen LogP contribution in [0.15, 0.2) is 24.3 Å². The summed E-state index contributed by atoms with van der Waals surface area (Å²) in [5.41, 5.74) is 1.53. The van der Waals surface area contributed by atoms with E-state index in [0.29, 0.717) is 29.9 Å². The average molecular weight is 373 g/mol. The maximum absolute atomic E-state index is 12.2. The van der Waals surface area contributed by atoms with E-state index in [9.17, 15) is 9.59 Å². The highest BCUT2D eigenvalue weighted by Gasteiger charge is 2.49. The van der Waals surface area contributed by atoms with Crippen molar-refractivity contribution in [1.82, 2.24) is 0 Å². The summed E-state index contributed by atoms with van der Waals surface area (Å²) < 4.78 is 10.6. The summed E-state index contributed by atoms with van der Waals surface area (Å²) in [6, 6.07) is 7.88. The number of carbonyl (C=O) groups is 2. The van der Waals surface area contributed by atoms with Gasteiger partial charge in [-0.05, 0) is 95.2 Å². The van der Waals surface area contributed by atoms with Crippen molar-refractivity contribution in [2.75, 3.05) is 6.61 Å². The molecular weight excluding hydrogens is 340 g/mol. The molecule has 2 aliphatic rings. The zero-order valence-electron chi connectivity index (χ0n) is 17.0. The van der Waals surface area contributed by atoms with Gasteiger partial charge >= 0.3 is 11.9 Å². The largest absolute Gasteiger partial charge is 0.462 e. The van der Waals surface area contributed by atoms with Crippen LogP contribution in [0.25, 0.3) is 0 Å². The second-order valence-corrected chi connectivity index (χ2v) is 8.99. The van der Waals surface area contributed by atoms with Crippen LogP contribution in [0.2, 0.25) is 0 Å². The van der Waals surface area contributed by atoms with E-state index in [-0.39, 0.29) is 17.9 Å². The van der Waals surface area contributed by atoms with Gasteiger partial charge in [-0.15, -0.1) is 0 Å². The Morgan fingerprint density at radius 2 is 1.67 bits per heavy atom. The molecular formula is C23H32O4. The third-order valence-electron chi connectivity index (χ3n) is 5.82. The fourth-order valence-electron chi connectivity index (χ4n) is 4.37. The minimum absolute atomic E-state index is 0.0100. The summed E-state index contributed by atoms with van der Waals surface area (Å²) in [4.78, 5) is 24.0. The number of esters is 2. The van der Waals surface area contributed by atoms with Crippen molar-refractivity contribution in [2.45, 2.75) is 71.3 Å². The highest BCUT2D eigenvalue weighted by molar-refractivity contribution is 5.89. The summed E-state index contributed by atoms with van der Waals surface area (Å²) in [6.45, 7) is 8.01. The molecule has 1 aromatic carbocycles. The van der Waals surface area contributed by atoms with Gasteiger partial charge in [0, 0.05) is 0 Å². The molecule has 0 radical (unpaired) electrons. The van der Waals surface area contributed by atoms with E-state index in [1.807, 2.05) is 39.8 Å². The second-order valence-electron chi connectivity index (χ2n) is 8.99. The van der Waals surface area contributed by atoms with E-state index in [1.54, 1.807) is 0 Å². The first-order valence-corrected chi connectivity index (χ1v) is 10.3. The minimum atomic E-state index is -0.391.